The van der Waals surface area contributed by atoms with Crippen LogP contribution in [-0.4, -0.2) is 59.4 Å². The quantitative estimate of drug-likeness (QED) is 0.860. The third-order valence-electron chi connectivity index (χ3n) is 4.86. The lowest BCUT2D eigenvalue weighted by molar-refractivity contribution is -0.00123. The monoisotopic (exact) mass is 328 g/mol. The van der Waals surface area contributed by atoms with E-state index in [1.165, 1.54) is 5.56 Å². The number of carbonyl (C=O) groups excluding carboxylic acids is 1. The Kier molecular flexibility index (Phi) is 5.08. The van der Waals surface area contributed by atoms with Crippen molar-refractivity contribution in [2.24, 2.45) is 0 Å². The first-order chi connectivity index (χ1) is 11.6. The Morgan fingerprint density at radius 2 is 1.96 bits per heavy atom. The van der Waals surface area contributed by atoms with Crippen molar-refractivity contribution < 1.29 is 14.6 Å². The molecule has 1 aromatic rings. The number of likely N-dealkylation sites (tertiary alicyclic amines) is 1. The van der Waals surface area contributed by atoms with Crippen LogP contribution in [0.2, 0.25) is 0 Å². The van der Waals surface area contributed by atoms with Crippen LogP contribution in [0.3, 0.4) is 0 Å². The molecule has 0 bridgehead atoms. The number of likely N-dealkylation sites (N-methyl/N-ethyl adjacent to an activating group) is 1. The van der Waals surface area contributed by atoms with E-state index in [2.05, 4.69) is 28.9 Å². The van der Waals surface area contributed by atoms with Crippen LogP contribution < -0.4 is 0 Å². The molecule has 1 amide bonds. The minimum atomic E-state index is -0.271. The molecular formula is C19H24N2O3. The Balaban J connectivity index is 1.53. The van der Waals surface area contributed by atoms with E-state index in [9.17, 15) is 4.79 Å². The highest BCUT2D eigenvalue weighted by atomic mass is 16.6. The smallest absolute Gasteiger partial charge is 0.410 e. The number of nitrogens with zero attached hydrogens (tertiary/aromatic N) is 2. The zero-order valence-corrected chi connectivity index (χ0v) is 14.1. The van der Waals surface area contributed by atoms with E-state index < -0.39 is 0 Å². The average molecular weight is 328 g/mol. The molecule has 1 spiro atoms. The van der Waals surface area contributed by atoms with E-state index in [4.69, 9.17) is 9.84 Å². The molecule has 3 rings (SSSR count). The zero-order valence-electron chi connectivity index (χ0n) is 14.1. The van der Waals surface area contributed by atoms with Crippen molar-refractivity contribution in [3.8, 4) is 11.8 Å². The lowest BCUT2D eigenvalue weighted by atomic mass is 9.91. The predicted octanol–water partition coefficient (Wildman–Crippen LogP) is 1.84. The largest absolute Gasteiger partial charge is 0.441 e. The fraction of sp³-hybridized carbons (Fsp3) is 0.526. The second-order valence-electron chi connectivity index (χ2n) is 6.50. The fourth-order valence-electron chi connectivity index (χ4n) is 3.41. The zero-order chi connectivity index (χ0) is 17.0. The maximum atomic E-state index is 11.8. The normalized spacial score (nSPS) is 19.9. The number of piperidine rings is 1. The Labute approximate surface area is 143 Å². The maximum absolute atomic E-state index is 11.8. The fourth-order valence-corrected chi connectivity index (χ4v) is 3.41. The first kappa shape index (κ1) is 16.8. The van der Waals surface area contributed by atoms with Crippen molar-refractivity contribution in [1.29, 1.82) is 0 Å². The average Bonchev–Trinajstić information content (AvgIpc) is 2.92. The summed E-state index contributed by atoms with van der Waals surface area (Å²) in [6.45, 7) is 6.11. The van der Waals surface area contributed by atoms with Crippen molar-refractivity contribution in [1.82, 2.24) is 9.80 Å². The highest BCUT2D eigenvalue weighted by Crippen LogP contribution is 2.33. The van der Waals surface area contributed by atoms with Crippen molar-refractivity contribution in [3.05, 3.63) is 35.4 Å². The molecule has 1 N–H and O–H groups in total. The molecule has 5 nitrogen and oxygen atoms in total. The molecule has 2 fully saturated rings. The molecule has 2 aliphatic heterocycles. The van der Waals surface area contributed by atoms with Gasteiger partial charge in [0.05, 0.1) is 6.54 Å². The second-order valence-corrected chi connectivity index (χ2v) is 6.50. The molecular weight excluding hydrogens is 304 g/mol. The standard InChI is InChI=1S/C19H24N2O3/c1-2-21-15-19(24-18(21)23)9-11-20(12-10-19)14-17-7-5-16(6-8-17)4-3-13-22/h5-8,22H,2,9-15H2,1H3. The van der Waals surface area contributed by atoms with Crippen LogP contribution in [-0.2, 0) is 11.3 Å². The van der Waals surface area contributed by atoms with Crippen LogP contribution >= 0.6 is 0 Å². The lowest BCUT2D eigenvalue weighted by Crippen LogP contribution is -2.46. The summed E-state index contributed by atoms with van der Waals surface area (Å²) in [5.74, 6) is 5.56. The highest BCUT2D eigenvalue weighted by Gasteiger charge is 2.46. The molecule has 0 radical (unpaired) electrons. The molecule has 5 heteroatoms. The number of hydrogen-bond acceptors (Lipinski definition) is 4. The molecule has 2 aliphatic rings. The Bertz CT molecular complexity index is 637. The van der Waals surface area contributed by atoms with Crippen LogP contribution in [0.5, 0.6) is 0 Å². The van der Waals surface area contributed by atoms with Gasteiger partial charge in [-0.2, -0.15) is 0 Å². The molecule has 128 valence electrons. The summed E-state index contributed by atoms with van der Waals surface area (Å²) in [6.07, 6.45) is 1.63. The topological polar surface area (TPSA) is 53.0 Å². The SMILES string of the molecule is CCN1CC2(CCN(Cc3ccc(C#CCO)cc3)CC2)OC1=O. The third kappa shape index (κ3) is 3.72. The highest BCUT2D eigenvalue weighted by molar-refractivity contribution is 5.70. The minimum Gasteiger partial charge on any atom is -0.441 e. The number of benzene rings is 1. The van der Waals surface area contributed by atoms with Crippen molar-refractivity contribution >= 4 is 6.09 Å². The summed E-state index contributed by atoms with van der Waals surface area (Å²) in [5.41, 5.74) is 1.90. The molecule has 0 atom stereocenters. The number of aliphatic hydroxyl groups excluding tert-OH is 1. The van der Waals surface area contributed by atoms with Gasteiger partial charge in [-0.05, 0) is 24.6 Å². The first-order valence-electron chi connectivity index (χ1n) is 8.53. The van der Waals surface area contributed by atoms with E-state index in [0.29, 0.717) is 0 Å². The van der Waals surface area contributed by atoms with Gasteiger partial charge in [-0.1, -0.05) is 24.0 Å². The Hall–Kier alpha value is -2.03. The molecule has 2 heterocycles. The molecule has 0 aromatic heterocycles. The van der Waals surface area contributed by atoms with Gasteiger partial charge in [-0.15, -0.1) is 0 Å². The lowest BCUT2D eigenvalue weighted by Gasteiger charge is -2.37. The molecule has 0 unspecified atom stereocenters. The summed E-state index contributed by atoms with van der Waals surface area (Å²) < 4.78 is 5.67. The van der Waals surface area contributed by atoms with E-state index >= 15 is 0 Å². The summed E-state index contributed by atoms with van der Waals surface area (Å²) >= 11 is 0. The number of rotatable bonds is 3. The number of aliphatic hydroxyl groups is 1. The van der Waals surface area contributed by atoms with Crippen LogP contribution in [0.1, 0.15) is 30.9 Å². The van der Waals surface area contributed by atoms with Gasteiger partial charge in [0.2, 0.25) is 0 Å². The van der Waals surface area contributed by atoms with Crippen molar-refractivity contribution in [2.45, 2.75) is 31.9 Å². The van der Waals surface area contributed by atoms with Gasteiger partial charge in [-0.25, -0.2) is 4.79 Å². The predicted molar refractivity (Wildman–Crippen MR) is 91.4 cm³/mol. The van der Waals surface area contributed by atoms with Gasteiger partial charge in [0.15, 0.2) is 0 Å². The summed E-state index contributed by atoms with van der Waals surface area (Å²) in [5, 5.41) is 8.72. The third-order valence-corrected chi connectivity index (χ3v) is 4.86. The molecule has 1 aromatic carbocycles. The number of hydrogen-bond donors (Lipinski definition) is 1. The molecule has 24 heavy (non-hydrogen) atoms. The van der Waals surface area contributed by atoms with E-state index in [0.717, 1.165) is 51.1 Å². The number of amides is 1. The van der Waals surface area contributed by atoms with Gasteiger partial charge in [0.1, 0.15) is 12.2 Å². The van der Waals surface area contributed by atoms with Gasteiger partial charge >= 0.3 is 6.09 Å². The van der Waals surface area contributed by atoms with Gasteiger partial charge in [-0.3, -0.25) is 4.90 Å². The van der Waals surface area contributed by atoms with Crippen LogP contribution in [0.25, 0.3) is 0 Å². The van der Waals surface area contributed by atoms with Crippen LogP contribution in [0.4, 0.5) is 4.79 Å². The molecule has 0 saturated carbocycles. The Morgan fingerprint density at radius 1 is 1.25 bits per heavy atom. The summed E-state index contributed by atoms with van der Waals surface area (Å²) in [6, 6.07) is 8.14. The van der Waals surface area contributed by atoms with Crippen LogP contribution in [0, 0.1) is 11.8 Å². The van der Waals surface area contributed by atoms with Crippen LogP contribution in [0.15, 0.2) is 24.3 Å². The van der Waals surface area contributed by atoms with Gasteiger partial charge in [0.25, 0.3) is 0 Å². The molecule has 0 aliphatic carbocycles. The van der Waals surface area contributed by atoms with Gasteiger partial charge < -0.3 is 14.7 Å². The van der Waals surface area contributed by atoms with Crippen molar-refractivity contribution in [3.63, 3.8) is 0 Å². The maximum Gasteiger partial charge on any atom is 0.410 e. The second kappa shape index (κ2) is 7.25. The molecule has 2 saturated heterocycles. The Morgan fingerprint density at radius 3 is 2.54 bits per heavy atom. The number of ether oxygens (including phenoxy) is 1. The summed E-state index contributed by atoms with van der Waals surface area (Å²) in [4.78, 5) is 16.0. The van der Waals surface area contributed by atoms with E-state index in [1.54, 1.807) is 4.90 Å². The van der Waals surface area contributed by atoms with E-state index in [1.807, 2.05) is 19.1 Å². The van der Waals surface area contributed by atoms with Gasteiger partial charge in [0, 0.05) is 44.6 Å². The van der Waals surface area contributed by atoms with E-state index in [-0.39, 0.29) is 18.3 Å². The minimum absolute atomic E-state index is 0.114. The van der Waals surface area contributed by atoms with Crippen molar-refractivity contribution in [2.75, 3.05) is 32.8 Å². The first-order valence-corrected chi connectivity index (χ1v) is 8.53. The summed E-state index contributed by atoms with van der Waals surface area (Å²) in [7, 11) is 0. The number of carbonyl (C=O) groups is 1.